The third-order valence-electron chi connectivity index (χ3n) is 9.49. The first-order valence-electron chi connectivity index (χ1n) is 12.4. The van der Waals surface area contributed by atoms with Crippen LogP contribution in [-0.4, -0.2) is 46.4 Å². The molecule has 0 aromatic heterocycles. The van der Waals surface area contributed by atoms with Crippen molar-refractivity contribution >= 4 is 23.5 Å². The second kappa shape index (κ2) is 8.22. The third kappa shape index (κ3) is 3.70. The van der Waals surface area contributed by atoms with E-state index in [-0.39, 0.29) is 29.8 Å². The first kappa shape index (κ1) is 22.6. The Balaban J connectivity index is 1.22. The van der Waals surface area contributed by atoms with Gasteiger partial charge in [0.15, 0.2) is 0 Å². The van der Waals surface area contributed by atoms with Gasteiger partial charge in [-0.15, -0.1) is 5.06 Å². The van der Waals surface area contributed by atoms with E-state index >= 15 is 0 Å². The molecule has 1 heterocycles. The minimum atomic E-state index is -0.819. The molecule has 1 N–H and O–H groups in total. The zero-order valence-corrected chi connectivity index (χ0v) is 19.5. The molecule has 5 aliphatic rings. The average molecular weight is 459 g/mol. The molecule has 5 rings (SSSR count). The average Bonchev–Trinajstić information content (AvgIpc) is 3.26. The Labute approximate surface area is 194 Å². The largest absolute Gasteiger partial charge is 0.393 e. The van der Waals surface area contributed by atoms with Crippen LogP contribution in [0.5, 0.6) is 0 Å². The molecule has 2 amide bonds. The van der Waals surface area contributed by atoms with Crippen molar-refractivity contribution in [3.05, 3.63) is 11.6 Å². The van der Waals surface area contributed by atoms with Gasteiger partial charge in [0.25, 0.3) is 11.8 Å². The molecule has 1 aliphatic heterocycles. The van der Waals surface area contributed by atoms with Gasteiger partial charge in [-0.05, 0) is 86.0 Å². The van der Waals surface area contributed by atoms with Crippen molar-refractivity contribution in [1.82, 2.24) is 5.06 Å². The number of hydrogen-bond acceptors (Lipinski definition) is 7. The number of nitrogens with zero attached hydrogens (tertiary/aromatic N) is 2. The van der Waals surface area contributed by atoms with Crippen LogP contribution in [0.1, 0.15) is 78.1 Å². The number of rotatable bonds is 4. The van der Waals surface area contributed by atoms with Gasteiger partial charge in [0.2, 0.25) is 6.61 Å². The quantitative estimate of drug-likeness (QED) is 0.512. The number of carbonyl (C=O) groups is 3. The van der Waals surface area contributed by atoms with Gasteiger partial charge in [0.1, 0.15) is 0 Å². The maximum absolute atomic E-state index is 11.9. The summed E-state index contributed by atoms with van der Waals surface area (Å²) in [6.07, 6.45) is 10.5. The minimum absolute atomic E-state index is 0.0596. The number of aliphatic hydroxyl groups is 1. The number of oxime groups is 1. The second-order valence-electron chi connectivity index (χ2n) is 11.0. The summed E-state index contributed by atoms with van der Waals surface area (Å²) < 4.78 is 0. The molecule has 0 spiro atoms. The summed E-state index contributed by atoms with van der Waals surface area (Å²) in [7, 11) is 0. The number of imide groups is 1. The fourth-order valence-electron chi connectivity index (χ4n) is 7.57. The molecule has 4 fully saturated rings. The lowest BCUT2D eigenvalue weighted by Crippen LogP contribution is -2.51. The van der Waals surface area contributed by atoms with E-state index < -0.39 is 24.4 Å². The molecule has 3 saturated carbocycles. The lowest BCUT2D eigenvalue weighted by atomic mass is 9.47. The van der Waals surface area contributed by atoms with E-state index in [0.29, 0.717) is 22.8 Å². The highest BCUT2D eigenvalue weighted by molar-refractivity contribution is 6.01. The molecule has 1 saturated heterocycles. The van der Waals surface area contributed by atoms with Gasteiger partial charge < -0.3 is 14.8 Å². The van der Waals surface area contributed by atoms with Gasteiger partial charge in [-0.25, -0.2) is 4.79 Å². The Morgan fingerprint density at radius 3 is 2.58 bits per heavy atom. The Hall–Kier alpha value is -2.22. The fraction of sp³-hybridized carbons (Fsp3) is 0.760. The van der Waals surface area contributed by atoms with Crippen LogP contribution in [0.2, 0.25) is 0 Å². The van der Waals surface area contributed by atoms with Crippen LogP contribution in [0.15, 0.2) is 16.8 Å². The summed E-state index contributed by atoms with van der Waals surface area (Å²) in [4.78, 5) is 45.0. The van der Waals surface area contributed by atoms with Crippen LogP contribution in [0.3, 0.4) is 0 Å². The maximum atomic E-state index is 11.9. The smallest absolute Gasteiger partial charge is 0.373 e. The molecule has 0 radical (unpaired) electrons. The van der Waals surface area contributed by atoms with E-state index in [1.54, 1.807) is 0 Å². The van der Waals surface area contributed by atoms with Crippen molar-refractivity contribution in [2.45, 2.75) is 84.2 Å². The van der Waals surface area contributed by atoms with E-state index in [4.69, 9.17) is 9.68 Å². The van der Waals surface area contributed by atoms with Gasteiger partial charge in [-0.1, -0.05) is 24.6 Å². The third-order valence-corrected chi connectivity index (χ3v) is 9.49. The summed E-state index contributed by atoms with van der Waals surface area (Å²) in [5, 5.41) is 15.3. The van der Waals surface area contributed by atoms with E-state index in [1.165, 1.54) is 12.0 Å². The van der Waals surface area contributed by atoms with Gasteiger partial charge in [-0.3, -0.25) is 9.59 Å². The molecule has 180 valence electrons. The second-order valence-corrected chi connectivity index (χ2v) is 11.0. The predicted molar refractivity (Wildman–Crippen MR) is 118 cm³/mol. The van der Waals surface area contributed by atoms with Crippen LogP contribution in [0.25, 0.3) is 0 Å². The molecule has 4 aliphatic carbocycles. The molecule has 33 heavy (non-hydrogen) atoms. The highest BCUT2D eigenvalue weighted by Gasteiger charge is 2.58. The number of aliphatic hydroxyl groups excluding tert-OH is 1. The number of hydroxylamine groups is 2. The summed E-state index contributed by atoms with van der Waals surface area (Å²) >= 11 is 0. The van der Waals surface area contributed by atoms with Gasteiger partial charge >= 0.3 is 5.97 Å². The van der Waals surface area contributed by atoms with Crippen LogP contribution < -0.4 is 0 Å². The summed E-state index contributed by atoms with van der Waals surface area (Å²) in [5.74, 6) is 0.116. The van der Waals surface area contributed by atoms with Crippen molar-refractivity contribution in [2.75, 3.05) is 6.61 Å². The Morgan fingerprint density at radius 1 is 1.06 bits per heavy atom. The molecule has 0 aromatic rings. The Morgan fingerprint density at radius 2 is 1.82 bits per heavy atom. The van der Waals surface area contributed by atoms with Crippen molar-refractivity contribution in [1.29, 1.82) is 0 Å². The number of amides is 2. The van der Waals surface area contributed by atoms with Gasteiger partial charge in [-0.2, -0.15) is 0 Å². The molecule has 6 atom stereocenters. The lowest BCUT2D eigenvalue weighted by molar-refractivity contribution is -0.200. The zero-order chi connectivity index (χ0) is 23.4. The van der Waals surface area contributed by atoms with Gasteiger partial charge in [0.05, 0.1) is 11.8 Å². The molecule has 8 nitrogen and oxygen atoms in total. The van der Waals surface area contributed by atoms with Crippen molar-refractivity contribution in [3.63, 3.8) is 0 Å². The van der Waals surface area contributed by atoms with E-state index in [1.807, 2.05) is 0 Å². The minimum Gasteiger partial charge on any atom is -0.393 e. The zero-order valence-electron chi connectivity index (χ0n) is 19.5. The SMILES string of the molecule is C[C@]12CCC3C(CCC4=C/C(=N\OCC(=O)ON5C(=O)CCC5=O)CC[C@@]43C)C1CCC2O. The number of carbonyl (C=O) groups excluding carboxylic acids is 3. The number of hydrogen-bond donors (Lipinski definition) is 1. The van der Waals surface area contributed by atoms with E-state index in [2.05, 4.69) is 25.1 Å². The molecule has 4 unspecified atom stereocenters. The molecule has 0 bridgehead atoms. The highest BCUT2D eigenvalue weighted by atomic mass is 16.7. The van der Waals surface area contributed by atoms with Crippen molar-refractivity contribution in [3.8, 4) is 0 Å². The first-order chi connectivity index (χ1) is 15.7. The van der Waals surface area contributed by atoms with Crippen LogP contribution in [-0.2, 0) is 24.1 Å². The van der Waals surface area contributed by atoms with Crippen molar-refractivity contribution < 1.29 is 29.2 Å². The van der Waals surface area contributed by atoms with E-state index in [9.17, 15) is 19.5 Å². The molecule has 0 aromatic carbocycles. The van der Waals surface area contributed by atoms with Crippen LogP contribution in [0, 0.1) is 28.6 Å². The van der Waals surface area contributed by atoms with Crippen LogP contribution >= 0.6 is 0 Å². The fourth-order valence-corrected chi connectivity index (χ4v) is 7.57. The molecular weight excluding hydrogens is 424 g/mol. The highest BCUT2D eigenvalue weighted by Crippen LogP contribution is 2.65. The monoisotopic (exact) mass is 458 g/mol. The molecular formula is C25H34N2O6. The summed E-state index contributed by atoms with van der Waals surface area (Å²) in [6.45, 7) is 4.26. The maximum Gasteiger partial charge on any atom is 0.373 e. The van der Waals surface area contributed by atoms with E-state index in [0.717, 1.165) is 50.7 Å². The number of fused-ring (bicyclic) bond motifs is 5. The van der Waals surface area contributed by atoms with Crippen molar-refractivity contribution in [2.24, 2.45) is 33.7 Å². The standard InChI is InChI=1S/C25H34N2O6/c1-24-11-9-16(26-32-14-23(31)33-27-21(29)7-8-22(27)30)13-15(24)3-4-17-18-5-6-20(28)25(18,2)12-10-19(17)24/h13,17-20,28H,3-12,14H2,1-2H3/b26-16-/t17?,18?,19?,20?,24-,25-/m0/s1. The summed E-state index contributed by atoms with van der Waals surface area (Å²) in [5.41, 5.74) is 2.49. The topological polar surface area (TPSA) is 106 Å². The molecule has 8 heteroatoms. The summed E-state index contributed by atoms with van der Waals surface area (Å²) in [6, 6.07) is 0. The Bertz CT molecular complexity index is 912. The normalized spacial score (nSPS) is 41.4. The number of allylic oxidation sites excluding steroid dienone is 2. The van der Waals surface area contributed by atoms with Gasteiger partial charge in [0, 0.05) is 12.8 Å². The Kier molecular flexibility index (Phi) is 5.62. The predicted octanol–water partition coefficient (Wildman–Crippen LogP) is 3.29. The first-order valence-corrected chi connectivity index (χ1v) is 12.4. The lowest BCUT2D eigenvalue weighted by Gasteiger charge is -2.57. The van der Waals surface area contributed by atoms with Crippen LogP contribution in [0.4, 0.5) is 0 Å².